The van der Waals surface area contributed by atoms with E-state index in [9.17, 15) is 0 Å². The van der Waals surface area contributed by atoms with E-state index in [1.807, 2.05) is 24.3 Å². The number of nitrogens with two attached hydrogens (primary N) is 1. The van der Waals surface area contributed by atoms with Gasteiger partial charge in [-0.05, 0) is 24.6 Å². The summed E-state index contributed by atoms with van der Waals surface area (Å²) in [6, 6.07) is 16.1. The van der Waals surface area contributed by atoms with Crippen LogP contribution in [0.2, 0.25) is 0 Å². The highest BCUT2D eigenvalue weighted by Gasteiger charge is 2.03. The van der Waals surface area contributed by atoms with Crippen molar-refractivity contribution in [1.82, 2.24) is 0 Å². The largest absolute Gasteiger partial charge is 0.409 e. The lowest BCUT2D eigenvalue weighted by atomic mass is 10.1. The molecule has 2 rings (SSSR count). The summed E-state index contributed by atoms with van der Waals surface area (Å²) in [5.41, 5.74) is 9.86. The van der Waals surface area contributed by atoms with Gasteiger partial charge in [-0.2, -0.15) is 0 Å². The van der Waals surface area contributed by atoms with Crippen LogP contribution in [0, 0.1) is 6.92 Å². The first kappa shape index (κ1) is 13.9. The third-order valence-electron chi connectivity index (χ3n) is 3.25. The Morgan fingerprint density at radius 3 is 2.25 bits per heavy atom. The highest BCUT2D eigenvalue weighted by molar-refractivity contribution is 5.96. The first-order valence-electron chi connectivity index (χ1n) is 6.45. The second kappa shape index (κ2) is 6.10. The van der Waals surface area contributed by atoms with Crippen LogP contribution in [0.15, 0.2) is 53.7 Å². The summed E-state index contributed by atoms with van der Waals surface area (Å²) in [5, 5.41) is 11.6. The normalized spacial score (nSPS) is 11.4. The van der Waals surface area contributed by atoms with Crippen molar-refractivity contribution in [1.29, 1.82) is 0 Å². The van der Waals surface area contributed by atoms with Gasteiger partial charge in [0.15, 0.2) is 5.84 Å². The quantitative estimate of drug-likeness (QED) is 0.388. The van der Waals surface area contributed by atoms with E-state index in [4.69, 9.17) is 10.9 Å². The van der Waals surface area contributed by atoms with E-state index < -0.39 is 0 Å². The van der Waals surface area contributed by atoms with Gasteiger partial charge in [-0.15, -0.1) is 0 Å². The molecule has 0 aliphatic carbocycles. The fourth-order valence-electron chi connectivity index (χ4n) is 2.00. The molecule has 0 radical (unpaired) electrons. The third-order valence-corrected chi connectivity index (χ3v) is 3.25. The maximum atomic E-state index is 8.63. The Hall–Kier alpha value is -2.49. The molecule has 0 spiro atoms. The van der Waals surface area contributed by atoms with E-state index in [1.165, 1.54) is 16.8 Å². The zero-order chi connectivity index (χ0) is 14.5. The molecular formula is C16H19N3O. The monoisotopic (exact) mass is 269 g/mol. The first-order chi connectivity index (χ1) is 9.60. The Balaban J connectivity index is 2.08. The zero-order valence-corrected chi connectivity index (χ0v) is 11.7. The molecule has 0 aromatic heterocycles. The maximum absolute atomic E-state index is 8.63. The van der Waals surface area contributed by atoms with Gasteiger partial charge >= 0.3 is 0 Å². The zero-order valence-electron chi connectivity index (χ0n) is 11.7. The SMILES string of the molecule is Cc1ccc(N(C)Cc2ccc(C(N)=NO)cc2)cc1. The number of amidine groups is 1. The molecule has 0 bridgehead atoms. The number of benzene rings is 2. The van der Waals surface area contributed by atoms with Crippen molar-refractivity contribution in [2.45, 2.75) is 13.5 Å². The molecule has 3 N–H and O–H groups in total. The lowest BCUT2D eigenvalue weighted by molar-refractivity contribution is 0.318. The maximum Gasteiger partial charge on any atom is 0.170 e. The minimum absolute atomic E-state index is 0.128. The van der Waals surface area contributed by atoms with Crippen molar-refractivity contribution >= 4 is 11.5 Å². The smallest absolute Gasteiger partial charge is 0.170 e. The second-order valence-electron chi connectivity index (χ2n) is 4.87. The van der Waals surface area contributed by atoms with Gasteiger partial charge in [0.1, 0.15) is 0 Å². The lowest BCUT2D eigenvalue weighted by Crippen LogP contribution is -2.17. The van der Waals surface area contributed by atoms with Crippen LogP contribution in [-0.2, 0) is 6.54 Å². The summed E-state index contributed by atoms with van der Waals surface area (Å²) in [7, 11) is 2.06. The number of hydrogen-bond donors (Lipinski definition) is 2. The molecule has 2 aromatic carbocycles. The summed E-state index contributed by atoms with van der Waals surface area (Å²) < 4.78 is 0. The summed E-state index contributed by atoms with van der Waals surface area (Å²) in [6.45, 7) is 2.88. The first-order valence-corrected chi connectivity index (χ1v) is 6.45. The van der Waals surface area contributed by atoms with E-state index in [0.29, 0.717) is 5.56 Å². The van der Waals surface area contributed by atoms with Crippen molar-refractivity contribution in [2.75, 3.05) is 11.9 Å². The molecule has 0 saturated heterocycles. The van der Waals surface area contributed by atoms with Crippen LogP contribution in [0.1, 0.15) is 16.7 Å². The fourth-order valence-corrected chi connectivity index (χ4v) is 2.00. The number of anilines is 1. The van der Waals surface area contributed by atoms with Gasteiger partial charge in [0, 0.05) is 24.8 Å². The number of hydrogen-bond acceptors (Lipinski definition) is 3. The van der Waals surface area contributed by atoms with Crippen LogP contribution in [0.5, 0.6) is 0 Å². The van der Waals surface area contributed by atoms with Crippen molar-refractivity contribution in [3.63, 3.8) is 0 Å². The molecule has 0 amide bonds. The molecular weight excluding hydrogens is 250 g/mol. The van der Waals surface area contributed by atoms with Crippen molar-refractivity contribution in [3.8, 4) is 0 Å². The Labute approximate surface area is 119 Å². The second-order valence-corrected chi connectivity index (χ2v) is 4.87. The molecule has 0 saturated carbocycles. The summed E-state index contributed by atoms with van der Waals surface area (Å²) >= 11 is 0. The van der Waals surface area contributed by atoms with Crippen LogP contribution in [0.25, 0.3) is 0 Å². The molecule has 20 heavy (non-hydrogen) atoms. The third kappa shape index (κ3) is 3.29. The predicted molar refractivity (Wildman–Crippen MR) is 82.2 cm³/mol. The van der Waals surface area contributed by atoms with Gasteiger partial charge in [0.2, 0.25) is 0 Å². The van der Waals surface area contributed by atoms with Gasteiger partial charge in [0.25, 0.3) is 0 Å². The van der Waals surface area contributed by atoms with E-state index >= 15 is 0 Å². The molecule has 2 aromatic rings. The topological polar surface area (TPSA) is 61.8 Å². The number of oxime groups is 1. The van der Waals surface area contributed by atoms with E-state index in [-0.39, 0.29) is 5.84 Å². The number of aryl methyl sites for hydroxylation is 1. The number of nitrogens with zero attached hydrogens (tertiary/aromatic N) is 2. The van der Waals surface area contributed by atoms with Crippen molar-refractivity contribution in [3.05, 3.63) is 65.2 Å². The average molecular weight is 269 g/mol. The van der Waals surface area contributed by atoms with Gasteiger partial charge in [-0.1, -0.05) is 47.1 Å². The molecule has 104 valence electrons. The van der Waals surface area contributed by atoms with Gasteiger partial charge in [-0.3, -0.25) is 0 Å². The fraction of sp³-hybridized carbons (Fsp3) is 0.188. The Kier molecular flexibility index (Phi) is 4.25. The van der Waals surface area contributed by atoms with E-state index in [2.05, 4.69) is 48.3 Å². The molecule has 0 fully saturated rings. The van der Waals surface area contributed by atoms with Crippen molar-refractivity contribution < 1.29 is 5.21 Å². The summed E-state index contributed by atoms with van der Waals surface area (Å²) in [4.78, 5) is 2.18. The van der Waals surface area contributed by atoms with Crippen molar-refractivity contribution in [2.24, 2.45) is 10.9 Å². The Bertz CT molecular complexity index is 588. The van der Waals surface area contributed by atoms with Gasteiger partial charge in [0.05, 0.1) is 0 Å². The molecule has 0 aliphatic heterocycles. The average Bonchev–Trinajstić information content (AvgIpc) is 2.48. The van der Waals surface area contributed by atoms with Crippen LogP contribution < -0.4 is 10.6 Å². The summed E-state index contributed by atoms with van der Waals surface area (Å²) in [5.74, 6) is 0.128. The molecule has 4 heteroatoms. The Morgan fingerprint density at radius 1 is 1.10 bits per heavy atom. The van der Waals surface area contributed by atoms with Gasteiger partial charge in [-0.25, -0.2) is 0 Å². The van der Waals surface area contributed by atoms with Gasteiger partial charge < -0.3 is 15.8 Å². The Morgan fingerprint density at radius 2 is 1.70 bits per heavy atom. The lowest BCUT2D eigenvalue weighted by Gasteiger charge is -2.19. The molecule has 0 unspecified atom stereocenters. The minimum Gasteiger partial charge on any atom is -0.409 e. The molecule has 0 heterocycles. The predicted octanol–water partition coefficient (Wildman–Crippen LogP) is 2.73. The van der Waals surface area contributed by atoms with Crippen LogP contribution in [0.3, 0.4) is 0 Å². The highest BCUT2D eigenvalue weighted by atomic mass is 16.4. The number of rotatable bonds is 4. The highest BCUT2D eigenvalue weighted by Crippen LogP contribution is 2.16. The van der Waals surface area contributed by atoms with Crippen LogP contribution in [-0.4, -0.2) is 18.1 Å². The van der Waals surface area contributed by atoms with E-state index in [1.54, 1.807) is 0 Å². The van der Waals surface area contributed by atoms with Crippen LogP contribution in [0.4, 0.5) is 5.69 Å². The standard InChI is InChI=1S/C16H19N3O/c1-12-3-9-15(10-4-12)19(2)11-13-5-7-14(8-6-13)16(17)18-20/h3-10,20H,11H2,1-2H3,(H2,17,18). The minimum atomic E-state index is 0.128. The molecule has 4 nitrogen and oxygen atoms in total. The van der Waals surface area contributed by atoms with E-state index in [0.717, 1.165) is 6.54 Å². The summed E-state index contributed by atoms with van der Waals surface area (Å²) in [6.07, 6.45) is 0. The van der Waals surface area contributed by atoms with Crippen LogP contribution >= 0.6 is 0 Å². The molecule has 0 atom stereocenters. The molecule has 0 aliphatic rings.